The molecule has 0 spiro atoms. The Morgan fingerprint density at radius 1 is 1.08 bits per heavy atom. The predicted molar refractivity (Wildman–Crippen MR) is 102 cm³/mol. The molecule has 5 heteroatoms. The molecular formula is C19H20INO3. The van der Waals surface area contributed by atoms with E-state index in [9.17, 15) is 9.59 Å². The first-order valence-corrected chi connectivity index (χ1v) is 8.68. The third-order valence-corrected chi connectivity index (χ3v) is 4.35. The van der Waals surface area contributed by atoms with Gasteiger partial charge in [-0.15, -0.1) is 0 Å². The third-order valence-electron chi connectivity index (χ3n) is 3.63. The zero-order valence-corrected chi connectivity index (χ0v) is 16.1. The van der Waals surface area contributed by atoms with Crippen LogP contribution in [0.5, 0.6) is 0 Å². The minimum atomic E-state index is -0.719. The average molecular weight is 437 g/mol. The average Bonchev–Trinajstić information content (AvgIpc) is 2.54. The second kappa shape index (κ2) is 8.28. The van der Waals surface area contributed by atoms with Crippen molar-refractivity contribution in [3.63, 3.8) is 0 Å². The van der Waals surface area contributed by atoms with Crippen molar-refractivity contribution in [2.45, 2.75) is 26.3 Å². The number of aryl methyl sites for hydroxylation is 2. The first-order valence-electron chi connectivity index (χ1n) is 7.60. The summed E-state index contributed by atoms with van der Waals surface area (Å²) >= 11 is 2.22. The van der Waals surface area contributed by atoms with Crippen LogP contribution in [0.3, 0.4) is 0 Å². The maximum absolute atomic E-state index is 12.5. The number of amides is 1. The van der Waals surface area contributed by atoms with Crippen LogP contribution in [-0.2, 0) is 16.0 Å². The Hall–Kier alpha value is -1.89. The summed E-state index contributed by atoms with van der Waals surface area (Å²) in [5, 5.41) is 2.79. The largest absolute Gasteiger partial charge is 0.467 e. The van der Waals surface area contributed by atoms with E-state index in [-0.39, 0.29) is 5.91 Å². The van der Waals surface area contributed by atoms with Gasteiger partial charge < -0.3 is 10.1 Å². The summed E-state index contributed by atoms with van der Waals surface area (Å²) in [5.41, 5.74) is 3.52. The van der Waals surface area contributed by atoms with Gasteiger partial charge in [-0.1, -0.05) is 29.3 Å². The highest BCUT2D eigenvalue weighted by atomic mass is 127. The molecule has 24 heavy (non-hydrogen) atoms. The number of esters is 1. The molecule has 0 aromatic heterocycles. The fourth-order valence-corrected chi connectivity index (χ4v) is 2.90. The summed E-state index contributed by atoms with van der Waals surface area (Å²) in [6.07, 6.45) is 0.389. The Balaban J connectivity index is 2.17. The molecule has 0 bridgehead atoms. The number of hydrogen-bond donors (Lipinski definition) is 1. The molecule has 1 amide bonds. The molecule has 1 N–H and O–H groups in total. The van der Waals surface area contributed by atoms with E-state index in [1.807, 2.05) is 56.3 Å². The van der Waals surface area contributed by atoms with Crippen molar-refractivity contribution in [2.75, 3.05) is 7.11 Å². The van der Waals surface area contributed by atoms with E-state index < -0.39 is 12.0 Å². The zero-order valence-electron chi connectivity index (χ0n) is 13.9. The molecule has 0 fully saturated rings. The number of methoxy groups -OCH3 is 1. The number of ether oxygens (including phenoxy) is 1. The maximum atomic E-state index is 12.5. The van der Waals surface area contributed by atoms with Crippen molar-refractivity contribution in [2.24, 2.45) is 0 Å². The SMILES string of the molecule is COC(=O)[C@H](Cc1ccc(I)cc1)NC(=O)c1cc(C)cc(C)c1. The number of carbonyl (C=O) groups is 2. The first-order chi connectivity index (χ1) is 11.4. The highest BCUT2D eigenvalue weighted by Crippen LogP contribution is 2.12. The van der Waals surface area contributed by atoms with Crippen LogP contribution < -0.4 is 5.32 Å². The lowest BCUT2D eigenvalue weighted by molar-refractivity contribution is -0.142. The van der Waals surface area contributed by atoms with E-state index in [1.54, 1.807) is 0 Å². The molecule has 1 atom stereocenters. The molecule has 0 saturated heterocycles. The van der Waals surface area contributed by atoms with Gasteiger partial charge in [-0.25, -0.2) is 4.79 Å². The summed E-state index contributed by atoms with van der Waals surface area (Å²) in [5.74, 6) is -0.728. The quantitative estimate of drug-likeness (QED) is 0.576. The van der Waals surface area contributed by atoms with Crippen LogP contribution >= 0.6 is 22.6 Å². The van der Waals surface area contributed by atoms with Gasteiger partial charge in [-0.05, 0) is 66.3 Å². The van der Waals surface area contributed by atoms with Crippen LogP contribution in [0.1, 0.15) is 27.0 Å². The topological polar surface area (TPSA) is 55.4 Å². The van der Waals surface area contributed by atoms with Crippen LogP contribution in [0.2, 0.25) is 0 Å². The van der Waals surface area contributed by atoms with Crippen LogP contribution in [0, 0.1) is 17.4 Å². The van der Waals surface area contributed by atoms with Crippen molar-refractivity contribution in [1.29, 1.82) is 0 Å². The molecule has 0 aliphatic carbocycles. The highest BCUT2D eigenvalue weighted by molar-refractivity contribution is 14.1. The summed E-state index contributed by atoms with van der Waals surface area (Å²) in [6, 6.07) is 12.7. The van der Waals surface area contributed by atoms with Gasteiger partial charge >= 0.3 is 5.97 Å². The molecule has 0 aliphatic heterocycles. The fourth-order valence-electron chi connectivity index (χ4n) is 2.54. The molecular weight excluding hydrogens is 417 g/mol. The number of rotatable bonds is 5. The summed E-state index contributed by atoms with van der Waals surface area (Å²) in [6.45, 7) is 3.88. The van der Waals surface area contributed by atoms with Gasteiger partial charge in [0, 0.05) is 15.6 Å². The maximum Gasteiger partial charge on any atom is 0.328 e. The van der Waals surface area contributed by atoms with Gasteiger partial charge in [0.1, 0.15) is 6.04 Å². The summed E-state index contributed by atoms with van der Waals surface area (Å²) in [4.78, 5) is 24.5. The monoisotopic (exact) mass is 437 g/mol. The van der Waals surface area contributed by atoms with E-state index in [4.69, 9.17) is 4.74 Å². The van der Waals surface area contributed by atoms with Crippen molar-refractivity contribution >= 4 is 34.5 Å². The van der Waals surface area contributed by atoms with Crippen molar-refractivity contribution in [3.8, 4) is 0 Å². The number of benzene rings is 2. The van der Waals surface area contributed by atoms with Crippen LogP contribution in [0.25, 0.3) is 0 Å². The zero-order chi connectivity index (χ0) is 17.7. The standard InChI is InChI=1S/C19H20INO3/c1-12-8-13(2)10-15(9-12)18(22)21-17(19(23)24-3)11-14-4-6-16(20)7-5-14/h4-10,17H,11H2,1-3H3,(H,21,22)/t17-/m0/s1. The molecule has 0 radical (unpaired) electrons. The van der Waals surface area contributed by atoms with Crippen molar-refractivity contribution in [3.05, 3.63) is 68.3 Å². The number of halogens is 1. The number of nitrogens with one attached hydrogen (secondary N) is 1. The van der Waals surface area contributed by atoms with Gasteiger partial charge in [-0.2, -0.15) is 0 Å². The first kappa shape index (κ1) is 18.4. The van der Waals surface area contributed by atoms with Crippen molar-refractivity contribution in [1.82, 2.24) is 5.32 Å². The van der Waals surface area contributed by atoms with Crippen LogP contribution in [-0.4, -0.2) is 25.0 Å². The minimum absolute atomic E-state index is 0.275. The van der Waals surface area contributed by atoms with Gasteiger partial charge in [0.15, 0.2) is 0 Å². The molecule has 4 nitrogen and oxygen atoms in total. The second-order valence-corrected chi connectivity index (χ2v) is 7.00. The molecule has 2 aromatic rings. The molecule has 0 aliphatic rings. The Morgan fingerprint density at radius 3 is 2.21 bits per heavy atom. The Kier molecular flexibility index (Phi) is 6.36. The van der Waals surface area contributed by atoms with Crippen LogP contribution in [0.4, 0.5) is 0 Å². The van der Waals surface area contributed by atoms with Gasteiger partial charge in [-0.3, -0.25) is 4.79 Å². The molecule has 2 rings (SSSR count). The molecule has 2 aromatic carbocycles. The second-order valence-electron chi connectivity index (χ2n) is 5.76. The summed E-state index contributed by atoms with van der Waals surface area (Å²) in [7, 11) is 1.33. The fraction of sp³-hybridized carbons (Fsp3) is 0.263. The van der Waals surface area contributed by atoms with E-state index in [0.29, 0.717) is 12.0 Å². The van der Waals surface area contributed by atoms with E-state index in [2.05, 4.69) is 27.9 Å². The Labute approximate surface area is 155 Å². The minimum Gasteiger partial charge on any atom is -0.467 e. The van der Waals surface area contributed by atoms with Gasteiger partial charge in [0.2, 0.25) is 0 Å². The molecule has 0 heterocycles. The number of carbonyl (C=O) groups excluding carboxylic acids is 2. The smallest absolute Gasteiger partial charge is 0.328 e. The Morgan fingerprint density at radius 2 is 1.67 bits per heavy atom. The normalized spacial score (nSPS) is 11.7. The van der Waals surface area contributed by atoms with Crippen molar-refractivity contribution < 1.29 is 14.3 Å². The molecule has 0 saturated carbocycles. The number of hydrogen-bond acceptors (Lipinski definition) is 3. The van der Waals surface area contributed by atoms with E-state index in [1.165, 1.54) is 7.11 Å². The summed E-state index contributed by atoms with van der Waals surface area (Å²) < 4.78 is 5.95. The van der Waals surface area contributed by atoms with Gasteiger partial charge in [0.05, 0.1) is 7.11 Å². The highest BCUT2D eigenvalue weighted by Gasteiger charge is 2.22. The molecule has 126 valence electrons. The predicted octanol–water partition coefficient (Wildman–Crippen LogP) is 3.42. The Bertz CT molecular complexity index is 721. The lowest BCUT2D eigenvalue weighted by Crippen LogP contribution is -2.43. The lowest BCUT2D eigenvalue weighted by atomic mass is 10.0. The van der Waals surface area contributed by atoms with E-state index >= 15 is 0 Å². The lowest BCUT2D eigenvalue weighted by Gasteiger charge is -2.17. The molecule has 0 unspecified atom stereocenters. The van der Waals surface area contributed by atoms with Crippen LogP contribution in [0.15, 0.2) is 42.5 Å². The van der Waals surface area contributed by atoms with E-state index in [0.717, 1.165) is 20.3 Å². The third kappa shape index (κ3) is 5.06. The van der Waals surface area contributed by atoms with Gasteiger partial charge in [0.25, 0.3) is 5.91 Å².